The lowest BCUT2D eigenvalue weighted by Crippen LogP contribution is -2.14. The summed E-state index contributed by atoms with van der Waals surface area (Å²) in [6, 6.07) is 11.4. The molecule has 0 aliphatic carbocycles. The molecule has 27 heavy (non-hydrogen) atoms. The van der Waals surface area contributed by atoms with Crippen molar-refractivity contribution < 1.29 is 9.18 Å². The molecule has 6 nitrogen and oxygen atoms in total. The van der Waals surface area contributed by atoms with Crippen molar-refractivity contribution in [3.8, 4) is 5.69 Å². The molecule has 2 aromatic carbocycles. The van der Waals surface area contributed by atoms with Gasteiger partial charge in [-0.3, -0.25) is 4.79 Å². The van der Waals surface area contributed by atoms with Gasteiger partial charge < -0.3 is 5.32 Å². The third-order valence-corrected chi connectivity index (χ3v) is 6.40. The second-order valence-corrected chi connectivity index (χ2v) is 8.67. The summed E-state index contributed by atoms with van der Waals surface area (Å²) in [6.07, 6.45) is 0. The quantitative estimate of drug-likeness (QED) is 0.367. The maximum atomic E-state index is 13.1. The van der Waals surface area contributed by atoms with E-state index in [0.29, 0.717) is 25.2 Å². The SMILES string of the molecule is O=C(CSc1nn(-c2ccc(F)cc2)c(=S)s1)Nc1cccc2nsnc12. The Balaban J connectivity index is 1.44. The van der Waals surface area contributed by atoms with Crippen LogP contribution in [0.15, 0.2) is 46.8 Å². The highest BCUT2D eigenvalue weighted by Gasteiger charge is 2.12. The first-order valence-electron chi connectivity index (χ1n) is 7.60. The smallest absolute Gasteiger partial charge is 0.234 e. The number of fused-ring (bicyclic) bond motifs is 1. The van der Waals surface area contributed by atoms with Crippen LogP contribution >= 0.6 is 47.0 Å². The summed E-state index contributed by atoms with van der Waals surface area (Å²) >= 11 is 9.01. The maximum absolute atomic E-state index is 13.1. The monoisotopic (exact) mass is 435 g/mol. The van der Waals surface area contributed by atoms with E-state index < -0.39 is 0 Å². The van der Waals surface area contributed by atoms with E-state index in [0.717, 1.165) is 17.2 Å². The topological polar surface area (TPSA) is 72.7 Å². The standard InChI is InChI=1S/C16H10FN5OS4/c17-9-4-6-10(7-5-9)22-16(24)26-15(19-22)25-8-13(23)18-11-2-1-3-12-14(11)21-27-20-12/h1-7H,8H2,(H,18,23). The molecule has 4 rings (SSSR count). The van der Waals surface area contributed by atoms with E-state index >= 15 is 0 Å². The van der Waals surface area contributed by atoms with Crippen LogP contribution in [0.5, 0.6) is 0 Å². The lowest BCUT2D eigenvalue weighted by atomic mass is 10.2. The van der Waals surface area contributed by atoms with Crippen LogP contribution in [0.1, 0.15) is 0 Å². The number of amides is 1. The molecule has 0 aliphatic heterocycles. The van der Waals surface area contributed by atoms with Gasteiger partial charge in [-0.15, -0.1) is 5.10 Å². The number of thioether (sulfide) groups is 1. The van der Waals surface area contributed by atoms with Crippen LogP contribution in [0.25, 0.3) is 16.7 Å². The Kier molecular flexibility index (Phi) is 5.25. The molecule has 1 amide bonds. The van der Waals surface area contributed by atoms with Gasteiger partial charge in [-0.05, 0) is 48.6 Å². The van der Waals surface area contributed by atoms with Gasteiger partial charge in [0, 0.05) is 0 Å². The summed E-state index contributed by atoms with van der Waals surface area (Å²) in [6.45, 7) is 0. The van der Waals surface area contributed by atoms with Crippen LogP contribution in [0, 0.1) is 9.77 Å². The second kappa shape index (κ2) is 7.80. The zero-order valence-corrected chi connectivity index (χ0v) is 16.7. The molecule has 2 aromatic heterocycles. The first-order chi connectivity index (χ1) is 13.1. The largest absolute Gasteiger partial charge is 0.323 e. The first-order valence-corrected chi connectivity index (χ1v) is 10.5. The van der Waals surface area contributed by atoms with Crippen molar-refractivity contribution in [2.75, 3.05) is 11.1 Å². The second-order valence-electron chi connectivity index (χ2n) is 5.30. The number of nitrogens with zero attached hydrogens (tertiary/aromatic N) is 4. The number of hydrogen-bond donors (Lipinski definition) is 1. The maximum Gasteiger partial charge on any atom is 0.234 e. The molecule has 0 saturated carbocycles. The Morgan fingerprint density at radius 3 is 2.85 bits per heavy atom. The Labute approximate surface area is 170 Å². The molecule has 1 N–H and O–H groups in total. The van der Waals surface area contributed by atoms with Gasteiger partial charge >= 0.3 is 0 Å². The summed E-state index contributed by atoms with van der Waals surface area (Å²) in [5, 5.41) is 7.25. The number of benzene rings is 2. The number of hydrogen-bond acceptors (Lipinski definition) is 8. The van der Waals surface area contributed by atoms with E-state index in [9.17, 15) is 9.18 Å². The van der Waals surface area contributed by atoms with E-state index in [-0.39, 0.29) is 17.5 Å². The van der Waals surface area contributed by atoms with Crippen molar-refractivity contribution in [1.29, 1.82) is 0 Å². The minimum atomic E-state index is -0.322. The Hall–Kier alpha value is -2.21. The molecule has 4 aromatic rings. The molecular weight excluding hydrogens is 425 g/mol. The van der Waals surface area contributed by atoms with Crippen molar-refractivity contribution in [3.05, 3.63) is 52.2 Å². The van der Waals surface area contributed by atoms with Crippen molar-refractivity contribution in [2.45, 2.75) is 4.34 Å². The molecule has 11 heteroatoms. The molecule has 0 aliphatic rings. The molecule has 0 fully saturated rings. The highest BCUT2D eigenvalue weighted by atomic mass is 32.2. The highest BCUT2D eigenvalue weighted by Crippen LogP contribution is 2.25. The van der Waals surface area contributed by atoms with E-state index in [1.807, 2.05) is 12.1 Å². The Bertz CT molecular complexity index is 1170. The average molecular weight is 436 g/mol. The van der Waals surface area contributed by atoms with Crippen molar-refractivity contribution >= 4 is 69.7 Å². The van der Waals surface area contributed by atoms with Gasteiger partial charge in [0.25, 0.3) is 0 Å². The summed E-state index contributed by atoms with van der Waals surface area (Å²) < 4.78 is 24.2. The molecular formula is C16H10FN5OS4. The number of rotatable bonds is 5. The van der Waals surface area contributed by atoms with Crippen LogP contribution in [-0.4, -0.2) is 30.2 Å². The summed E-state index contributed by atoms with van der Waals surface area (Å²) in [5.41, 5.74) is 2.74. The fraction of sp³-hybridized carbons (Fsp3) is 0.0625. The van der Waals surface area contributed by atoms with Crippen LogP contribution in [0.4, 0.5) is 10.1 Å². The molecule has 0 saturated heterocycles. The van der Waals surface area contributed by atoms with Crippen molar-refractivity contribution in [2.24, 2.45) is 0 Å². The number of halogens is 1. The van der Waals surface area contributed by atoms with Crippen LogP contribution in [0.2, 0.25) is 0 Å². The van der Waals surface area contributed by atoms with Gasteiger partial charge in [0.15, 0.2) is 8.29 Å². The molecule has 2 heterocycles. The molecule has 0 unspecified atom stereocenters. The normalized spacial score (nSPS) is 11.0. The average Bonchev–Trinajstić information content (AvgIpc) is 3.28. The van der Waals surface area contributed by atoms with E-state index in [1.54, 1.807) is 22.9 Å². The van der Waals surface area contributed by atoms with Gasteiger partial charge in [0.1, 0.15) is 16.9 Å². The van der Waals surface area contributed by atoms with E-state index in [2.05, 4.69) is 19.2 Å². The minimum absolute atomic E-state index is 0.171. The third-order valence-electron chi connectivity index (χ3n) is 3.49. The van der Waals surface area contributed by atoms with Crippen LogP contribution in [0.3, 0.4) is 0 Å². The lowest BCUT2D eigenvalue weighted by Gasteiger charge is -2.04. The van der Waals surface area contributed by atoms with Gasteiger partial charge in [-0.2, -0.15) is 8.75 Å². The molecule has 0 atom stereocenters. The number of nitrogens with one attached hydrogen (secondary N) is 1. The van der Waals surface area contributed by atoms with Gasteiger partial charge in [0.05, 0.1) is 28.9 Å². The molecule has 0 spiro atoms. The number of carbonyl (C=O) groups is 1. The molecule has 0 bridgehead atoms. The first kappa shape index (κ1) is 18.2. The van der Waals surface area contributed by atoms with Crippen LogP contribution in [-0.2, 0) is 4.79 Å². The van der Waals surface area contributed by atoms with Crippen molar-refractivity contribution in [1.82, 2.24) is 18.5 Å². The zero-order valence-electron chi connectivity index (χ0n) is 13.5. The third kappa shape index (κ3) is 4.05. The zero-order chi connectivity index (χ0) is 18.8. The summed E-state index contributed by atoms with van der Waals surface area (Å²) in [5.74, 6) is -0.313. The molecule has 0 radical (unpaired) electrons. The predicted molar refractivity (Wildman–Crippen MR) is 109 cm³/mol. The number of aromatic nitrogens is 4. The fourth-order valence-electron chi connectivity index (χ4n) is 2.29. The number of anilines is 1. The van der Waals surface area contributed by atoms with Crippen molar-refractivity contribution in [3.63, 3.8) is 0 Å². The summed E-state index contributed by atoms with van der Waals surface area (Å²) in [4.78, 5) is 12.3. The Morgan fingerprint density at radius 1 is 1.22 bits per heavy atom. The fourth-order valence-corrected chi connectivity index (χ4v) is 5.00. The number of carbonyl (C=O) groups excluding carboxylic acids is 1. The van der Waals surface area contributed by atoms with E-state index in [4.69, 9.17) is 12.2 Å². The molecule has 136 valence electrons. The minimum Gasteiger partial charge on any atom is -0.323 e. The van der Waals surface area contributed by atoms with Gasteiger partial charge in [-0.1, -0.05) is 29.2 Å². The lowest BCUT2D eigenvalue weighted by molar-refractivity contribution is -0.113. The Morgan fingerprint density at radius 2 is 2.04 bits per heavy atom. The van der Waals surface area contributed by atoms with E-state index in [1.165, 1.54) is 35.2 Å². The van der Waals surface area contributed by atoms with Crippen LogP contribution < -0.4 is 5.32 Å². The predicted octanol–water partition coefficient (Wildman–Crippen LogP) is 4.54. The highest BCUT2D eigenvalue weighted by molar-refractivity contribution is 8.01. The summed E-state index contributed by atoms with van der Waals surface area (Å²) in [7, 11) is 0. The van der Waals surface area contributed by atoms with Gasteiger partial charge in [0.2, 0.25) is 5.91 Å². The van der Waals surface area contributed by atoms with Gasteiger partial charge in [-0.25, -0.2) is 9.07 Å².